The van der Waals surface area contributed by atoms with Crippen molar-refractivity contribution in [1.82, 2.24) is 16.2 Å². The van der Waals surface area contributed by atoms with Crippen molar-refractivity contribution >= 4 is 29.5 Å². The summed E-state index contributed by atoms with van der Waals surface area (Å²) in [5.41, 5.74) is 4.14. The predicted octanol–water partition coefficient (Wildman–Crippen LogP) is 2.02. The van der Waals surface area contributed by atoms with Gasteiger partial charge in [0.05, 0.1) is 10.6 Å². The molecule has 0 saturated carbocycles. The van der Waals surface area contributed by atoms with Crippen LogP contribution in [-0.4, -0.2) is 30.1 Å². The molecule has 3 N–H and O–H groups in total. The molecular weight excluding hydrogens is 322 g/mol. The minimum absolute atomic E-state index is 0.0119. The van der Waals surface area contributed by atoms with Crippen LogP contribution in [0.5, 0.6) is 0 Å². The highest BCUT2D eigenvalue weighted by Crippen LogP contribution is 2.14. The quantitative estimate of drug-likeness (QED) is 0.730. The number of halogens is 1. The third-order valence-electron chi connectivity index (χ3n) is 2.45. The summed E-state index contributed by atoms with van der Waals surface area (Å²) in [5.74, 6) is -0.981. The highest BCUT2D eigenvalue weighted by Gasteiger charge is 2.16. The minimum Gasteiger partial charge on any atom is -0.444 e. The van der Waals surface area contributed by atoms with E-state index in [0.717, 1.165) is 0 Å². The van der Waals surface area contributed by atoms with Gasteiger partial charge >= 0.3 is 6.09 Å². The summed E-state index contributed by atoms with van der Waals surface area (Å²) < 4.78 is 5.02. The number of hydrazine groups is 1. The van der Waals surface area contributed by atoms with E-state index in [4.69, 9.17) is 16.3 Å². The Bertz CT molecular complexity index is 584. The number of ether oxygens (including phenoxy) is 1. The fourth-order valence-electron chi connectivity index (χ4n) is 1.49. The third-order valence-corrected chi connectivity index (χ3v) is 2.78. The zero-order valence-electron chi connectivity index (χ0n) is 13.2. The van der Waals surface area contributed by atoms with E-state index in [2.05, 4.69) is 16.2 Å². The smallest absolute Gasteiger partial charge is 0.407 e. The predicted molar refractivity (Wildman–Crippen MR) is 85.9 cm³/mol. The van der Waals surface area contributed by atoms with Crippen LogP contribution in [0.15, 0.2) is 24.3 Å². The molecule has 0 radical (unpaired) electrons. The maximum Gasteiger partial charge on any atom is 0.407 e. The van der Waals surface area contributed by atoms with Gasteiger partial charge in [-0.2, -0.15) is 0 Å². The standard InChI is InChI=1S/C15H20ClN3O4/c1-15(2,3)23-14(22)17-9-8-12(20)18-19-13(21)10-6-4-5-7-11(10)16/h4-7H,8-9H2,1-3H3,(H,17,22)(H,18,20)(H,19,21). The lowest BCUT2D eigenvalue weighted by Gasteiger charge is -2.19. The van der Waals surface area contributed by atoms with Crippen molar-refractivity contribution in [2.45, 2.75) is 32.8 Å². The summed E-state index contributed by atoms with van der Waals surface area (Å²) in [6.45, 7) is 5.30. The van der Waals surface area contributed by atoms with Crippen molar-refractivity contribution in [3.63, 3.8) is 0 Å². The summed E-state index contributed by atoms with van der Waals surface area (Å²) in [6.07, 6.45) is -0.618. The molecule has 0 unspecified atom stereocenters. The molecule has 0 fully saturated rings. The normalized spacial score (nSPS) is 10.6. The number of amides is 3. The van der Waals surface area contributed by atoms with Crippen LogP contribution < -0.4 is 16.2 Å². The van der Waals surface area contributed by atoms with Crippen molar-refractivity contribution in [3.05, 3.63) is 34.9 Å². The second-order valence-corrected chi connectivity index (χ2v) is 6.07. The lowest BCUT2D eigenvalue weighted by Crippen LogP contribution is -2.43. The van der Waals surface area contributed by atoms with Gasteiger partial charge in [-0.1, -0.05) is 23.7 Å². The third kappa shape index (κ3) is 7.51. The summed E-state index contributed by atoms with van der Waals surface area (Å²) >= 11 is 5.87. The number of benzene rings is 1. The van der Waals surface area contributed by atoms with Gasteiger partial charge in [0.25, 0.3) is 5.91 Å². The molecule has 1 rings (SSSR count). The van der Waals surface area contributed by atoms with Crippen molar-refractivity contribution in [2.24, 2.45) is 0 Å². The highest BCUT2D eigenvalue weighted by molar-refractivity contribution is 6.33. The number of carbonyl (C=O) groups excluding carboxylic acids is 3. The van der Waals surface area contributed by atoms with Crippen LogP contribution in [0.4, 0.5) is 4.79 Å². The lowest BCUT2D eigenvalue weighted by atomic mass is 10.2. The van der Waals surface area contributed by atoms with Crippen molar-refractivity contribution in [2.75, 3.05) is 6.54 Å². The molecule has 0 atom stereocenters. The van der Waals surface area contributed by atoms with Crippen LogP contribution in [0, 0.1) is 0 Å². The van der Waals surface area contributed by atoms with E-state index in [0.29, 0.717) is 0 Å². The average molecular weight is 342 g/mol. The monoisotopic (exact) mass is 341 g/mol. The number of hydrogen-bond acceptors (Lipinski definition) is 4. The van der Waals surface area contributed by atoms with E-state index >= 15 is 0 Å². The molecule has 8 heteroatoms. The maximum absolute atomic E-state index is 11.8. The van der Waals surface area contributed by atoms with E-state index < -0.39 is 23.5 Å². The van der Waals surface area contributed by atoms with Gasteiger partial charge in [-0.15, -0.1) is 0 Å². The molecule has 1 aromatic carbocycles. The second kappa shape index (κ2) is 8.38. The molecule has 0 aliphatic carbocycles. The summed E-state index contributed by atoms with van der Waals surface area (Å²) in [4.78, 5) is 34.8. The Morgan fingerprint density at radius 3 is 2.39 bits per heavy atom. The molecule has 0 aliphatic rings. The Morgan fingerprint density at radius 1 is 1.13 bits per heavy atom. The second-order valence-electron chi connectivity index (χ2n) is 5.66. The molecule has 23 heavy (non-hydrogen) atoms. The van der Waals surface area contributed by atoms with E-state index in [1.54, 1.807) is 39.0 Å². The molecule has 0 aromatic heterocycles. The average Bonchev–Trinajstić information content (AvgIpc) is 2.43. The number of rotatable bonds is 4. The van der Waals surface area contributed by atoms with Gasteiger partial charge in [-0.3, -0.25) is 20.4 Å². The number of carbonyl (C=O) groups is 3. The molecule has 1 aromatic rings. The first-order valence-electron chi connectivity index (χ1n) is 6.99. The fraction of sp³-hybridized carbons (Fsp3) is 0.400. The van der Waals surface area contributed by atoms with Crippen LogP contribution in [0.1, 0.15) is 37.6 Å². The maximum atomic E-state index is 11.8. The molecule has 0 bridgehead atoms. The SMILES string of the molecule is CC(C)(C)OC(=O)NCCC(=O)NNC(=O)c1ccccc1Cl. The van der Waals surface area contributed by atoms with Crippen LogP contribution in [0.2, 0.25) is 5.02 Å². The molecule has 126 valence electrons. The first-order chi connectivity index (χ1) is 10.7. The van der Waals surface area contributed by atoms with Gasteiger partial charge in [0.2, 0.25) is 5.91 Å². The van der Waals surface area contributed by atoms with E-state index in [1.807, 2.05) is 0 Å². The molecule has 0 saturated heterocycles. The summed E-state index contributed by atoms with van der Waals surface area (Å²) in [7, 11) is 0. The number of alkyl carbamates (subject to hydrolysis) is 1. The van der Waals surface area contributed by atoms with E-state index in [1.165, 1.54) is 6.07 Å². The zero-order valence-corrected chi connectivity index (χ0v) is 14.0. The lowest BCUT2D eigenvalue weighted by molar-refractivity contribution is -0.121. The van der Waals surface area contributed by atoms with E-state index in [-0.39, 0.29) is 23.6 Å². The Labute approximate surface area is 139 Å². The Hall–Kier alpha value is -2.28. The molecular formula is C15H20ClN3O4. The summed E-state index contributed by atoms with van der Waals surface area (Å²) in [5, 5.41) is 2.73. The molecule has 0 heterocycles. The Balaban J connectivity index is 2.29. The topological polar surface area (TPSA) is 96.5 Å². The van der Waals surface area contributed by atoms with Gasteiger partial charge in [0.15, 0.2) is 0 Å². The first kappa shape index (κ1) is 18.8. The minimum atomic E-state index is -0.606. The fourth-order valence-corrected chi connectivity index (χ4v) is 1.72. The van der Waals surface area contributed by atoms with Crippen molar-refractivity contribution in [1.29, 1.82) is 0 Å². The Morgan fingerprint density at radius 2 is 1.78 bits per heavy atom. The highest BCUT2D eigenvalue weighted by atomic mass is 35.5. The summed E-state index contributed by atoms with van der Waals surface area (Å²) in [6, 6.07) is 6.46. The van der Waals surface area contributed by atoms with Crippen LogP contribution in [-0.2, 0) is 9.53 Å². The van der Waals surface area contributed by atoms with Gasteiger partial charge in [-0.25, -0.2) is 4.79 Å². The number of nitrogens with one attached hydrogen (secondary N) is 3. The largest absolute Gasteiger partial charge is 0.444 e. The van der Waals surface area contributed by atoms with Crippen LogP contribution in [0.3, 0.4) is 0 Å². The molecule has 3 amide bonds. The first-order valence-corrected chi connectivity index (χ1v) is 7.37. The van der Waals surface area contributed by atoms with Gasteiger partial charge in [0, 0.05) is 13.0 Å². The van der Waals surface area contributed by atoms with Crippen LogP contribution in [0.25, 0.3) is 0 Å². The van der Waals surface area contributed by atoms with Gasteiger partial charge in [-0.05, 0) is 32.9 Å². The van der Waals surface area contributed by atoms with Crippen LogP contribution >= 0.6 is 11.6 Å². The molecule has 0 spiro atoms. The van der Waals surface area contributed by atoms with Crippen molar-refractivity contribution in [3.8, 4) is 0 Å². The van der Waals surface area contributed by atoms with E-state index in [9.17, 15) is 14.4 Å². The van der Waals surface area contributed by atoms with Crippen molar-refractivity contribution < 1.29 is 19.1 Å². The van der Waals surface area contributed by atoms with Gasteiger partial charge < -0.3 is 10.1 Å². The van der Waals surface area contributed by atoms with Gasteiger partial charge in [0.1, 0.15) is 5.60 Å². The molecule has 0 aliphatic heterocycles. The number of hydrogen-bond donors (Lipinski definition) is 3. The Kier molecular flexibility index (Phi) is 6.84. The zero-order chi connectivity index (χ0) is 17.5. The molecule has 7 nitrogen and oxygen atoms in total.